The molecule has 0 aliphatic carbocycles. The van der Waals surface area contributed by atoms with E-state index < -0.39 is 0 Å². The number of para-hydroxylation sites is 1. The average Bonchev–Trinajstić information content (AvgIpc) is 3.20. The number of benzene rings is 1. The molecule has 1 aromatic carbocycles. The van der Waals surface area contributed by atoms with Gasteiger partial charge in [-0.2, -0.15) is 4.98 Å². The molecular formula is C22H21N5O3S. The second-order valence-corrected chi connectivity index (χ2v) is 7.58. The van der Waals surface area contributed by atoms with Gasteiger partial charge in [-0.05, 0) is 38.3 Å². The Bertz CT molecular complexity index is 1230. The van der Waals surface area contributed by atoms with Crippen LogP contribution in [0.5, 0.6) is 11.5 Å². The first-order valence-corrected chi connectivity index (χ1v) is 10.9. The third-order valence-electron chi connectivity index (χ3n) is 4.76. The number of thioether (sulfide) groups is 1. The molecule has 158 valence electrons. The van der Waals surface area contributed by atoms with E-state index in [0.717, 1.165) is 22.5 Å². The number of rotatable bonds is 7. The van der Waals surface area contributed by atoms with Crippen molar-refractivity contribution < 1.29 is 14.3 Å². The Balaban J connectivity index is 1.47. The summed E-state index contributed by atoms with van der Waals surface area (Å²) in [5, 5.41) is 5.06. The Morgan fingerprint density at radius 3 is 2.74 bits per heavy atom. The predicted octanol–water partition coefficient (Wildman–Crippen LogP) is 3.94. The first-order chi connectivity index (χ1) is 15.0. The second kappa shape index (κ2) is 9.13. The van der Waals surface area contributed by atoms with E-state index in [1.807, 2.05) is 50.4 Å². The van der Waals surface area contributed by atoms with Gasteiger partial charge in [-0.15, -0.1) is 5.10 Å². The first-order valence-electron chi connectivity index (χ1n) is 9.63. The van der Waals surface area contributed by atoms with Gasteiger partial charge in [0.1, 0.15) is 18.1 Å². The zero-order chi connectivity index (χ0) is 21.8. The van der Waals surface area contributed by atoms with Crippen molar-refractivity contribution in [3.05, 3.63) is 71.3 Å². The summed E-state index contributed by atoms with van der Waals surface area (Å²) in [6, 6.07) is 11.0. The quantitative estimate of drug-likeness (QED) is 0.318. The summed E-state index contributed by atoms with van der Waals surface area (Å²) in [4.78, 5) is 25.5. The lowest BCUT2D eigenvalue weighted by molar-refractivity contribution is -0.144. The molecule has 0 unspecified atom stereocenters. The Morgan fingerprint density at radius 2 is 1.97 bits per heavy atom. The summed E-state index contributed by atoms with van der Waals surface area (Å²) in [7, 11) is 0. The van der Waals surface area contributed by atoms with Crippen molar-refractivity contribution in [2.24, 2.45) is 0 Å². The lowest BCUT2D eigenvalue weighted by Gasteiger charge is -2.13. The number of carbonyl (C=O) groups is 1. The van der Waals surface area contributed by atoms with Crippen molar-refractivity contribution >= 4 is 23.5 Å². The molecular weight excluding hydrogens is 414 g/mol. The maximum Gasteiger partial charge on any atom is 0.310 e. The van der Waals surface area contributed by atoms with Gasteiger partial charge in [-0.3, -0.25) is 9.78 Å². The lowest BCUT2D eigenvalue weighted by Crippen LogP contribution is -2.13. The van der Waals surface area contributed by atoms with Gasteiger partial charge in [0, 0.05) is 28.7 Å². The number of ether oxygens (including phenoxy) is 2. The van der Waals surface area contributed by atoms with Gasteiger partial charge in [-0.25, -0.2) is 9.50 Å². The van der Waals surface area contributed by atoms with Crippen molar-refractivity contribution in [1.29, 1.82) is 0 Å². The van der Waals surface area contributed by atoms with Gasteiger partial charge in [0.2, 0.25) is 5.16 Å². The fourth-order valence-corrected chi connectivity index (χ4v) is 3.48. The average molecular weight is 436 g/mol. The summed E-state index contributed by atoms with van der Waals surface area (Å²) in [5.41, 5.74) is 3.12. The molecule has 4 rings (SSSR count). The van der Waals surface area contributed by atoms with Crippen LogP contribution in [0.25, 0.3) is 5.78 Å². The molecule has 0 bridgehead atoms. The van der Waals surface area contributed by atoms with E-state index in [2.05, 4.69) is 20.1 Å². The third-order valence-corrected chi connectivity index (χ3v) is 5.29. The number of aromatic nitrogens is 5. The first kappa shape index (κ1) is 20.8. The van der Waals surface area contributed by atoms with Gasteiger partial charge in [0.05, 0.1) is 12.6 Å². The Hall–Kier alpha value is -3.46. The van der Waals surface area contributed by atoms with E-state index in [4.69, 9.17) is 9.47 Å². The summed E-state index contributed by atoms with van der Waals surface area (Å²) in [5.74, 6) is 1.40. The van der Waals surface area contributed by atoms with Crippen LogP contribution in [0.3, 0.4) is 0 Å². The monoisotopic (exact) mass is 435 g/mol. The highest BCUT2D eigenvalue weighted by molar-refractivity contribution is 7.98. The fourth-order valence-electron chi connectivity index (χ4n) is 3.14. The zero-order valence-electron chi connectivity index (χ0n) is 17.4. The number of carbonyl (C=O) groups excluding carboxylic acids is 1. The highest BCUT2D eigenvalue weighted by Crippen LogP contribution is 2.25. The summed E-state index contributed by atoms with van der Waals surface area (Å²) in [6.45, 7) is 3.86. The van der Waals surface area contributed by atoms with E-state index in [1.54, 1.807) is 23.0 Å². The number of nitrogens with zero attached hydrogens (tertiary/aromatic N) is 5. The second-order valence-electron chi connectivity index (χ2n) is 6.81. The molecule has 0 saturated heterocycles. The minimum atomic E-state index is -0.353. The van der Waals surface area contributed by atoms with Crippen molar-refractivity contribution in [2.75, 3.05) is 6.26 Å². The minimum Gasteiger partial charge on any atom is -0.460 e. The van der Waals surface area contributed by atoms with Crippen molar-refractivity contribution in [1.82, 2.24) is 24.6 Å². The predicted molar refractivity (Wildman–Crippen MR) is 116 cm³/mol. The normalized spacial score (nSPS) is 10.9. The highest BCUT2D eigenvalue weighted by Gasteiger charge is 2.17. The number of hydrogen-bond acceptors (Lipinski definition) is 8. The molecule has 0 aliphatic rings. The van der Waals surface area contributed by atoms with Gasteiger partial charge in [0.15, 0.2) is 0 Å². The van der Waals surface area contributed by atoms with Crippen molar-refractivity contribution in [3.63, 3.8) is 0 Å². The van der Waals surface area contributed by atoms with E-state index >= 15 is 0 Å². The lowest BCUT2D eigenvalue weighted by atomic mass is 10.1. The van der Waals surface area contributed by atoms with E-state index in [1.165, 1.54) is 11.8 Å². The Morgan fingerprint density at radius 1 is 1.13 bits per heavy atom. The molecule has 0 saturated carbocycles. The molecule has 0 amide bonds. The van der Waals surface area contributed by atoms with Gasteiger partial charge in [0.25, 0.3) is 5.78 Å². The molecule has 0 spiro atoms. The Kier molecular flexibility index (Phi) is 6.13. The number of hydrogen-bond donors (Lipinski definition) is 0. The Labute approximate surface area is 183 Å². The molecule has 4 aromatic rings. The number of pyridine rings is 1. The standard InChI is InChI=1S/C22H21N5O3S/c1-14-18(15(2)27-21(24-14)25-22(26-27)31-3)11-20(28)29-13-16-7-4-5-9-19(16)30-17-8-6-10-23-12-17/h4-10,12H,11,13H2,1-3H3. The van der Waals surface area contributed by atoms with Crippen LogP contribution in [0, 0.1) is 13.8 Å². The summed E-state index contributed by atoms with van der Waals surface area (Å²) >= 11 is 1.45. The van der Waals surface area contributed by atoms with Crippen LogP contribution in [0.4, 0.5) is 0 Å². The van der Waals surface area contributed by atoms with Crippen LogP contribution in [-0.2, 0) is 22.6 Å². The molecule has 9 heteroatoms. The van der Waals surface area contributed by atoms with E-state index in [9.17, 15) is 4.79 Å². The number of aryl methyl sites for hydroxylation is 2. The smallest absolute Gasteiger partial charge is 0.310 e. The van der Waals surface area contributed by atoms with Gasteiger partial charge < -0.3 is 9.47 Å². The summed E-state index contributed by atoms with van der Waals surface area (Å²) < 4.78 is 13.1. The molecule has 0 fully saturated rings. The van der Waals surface area contributed by atoms with Crippen LogP contribution < -0.4 is 4.74 Å². The topological polar surface area (TPSA) is 91.5 Å². The van der Waals surface area contributed by atoms with Gasteiger partial charge >= 0.3 is 5.97 Å². The number of esters is 1. The van der Waals surface area contributed by atoms with Gasteiger partial charge in [-0.1, -0.05) is 30.0 Å². The molecule has 8 nitrogen and oxygen atoms in total. The van der Waals surface area contributed by atoms with Crippen molar-refractivity contribution in [3.8, 4) is 11.5 Å². The van der Waals surface area contributed by atoms with E-state index in [-0.39, 0.29) is 19.0 Å². The highest BCUT2D eigenvalue weighted by atomic mass is 32.2. The van der Waals surface area contributed by atoms with Crippen molar-refractivity contribution in [2.45, 2.75) is 32.0 Å². The van der Waals surface area contributed by atoms with E-state index in [0.29, 0.717) is 22.4 Å². The molecule has 0 aliphatic heterocycles. The molecule has 0 radical (unpaired) electrons. The zero-order valence-corrected chi connectivity index (χ0v) is 18.2. The largest absolute Gasteiger partial charge is 0.460 e. The maximum absolute atomic E-state index is 12.6. The SMILES string of the molecule is CSc1nc2nc(C)c(CC(=O)OCc3ccccc3Oc3cccnc3)c(C)n2n1. The van der Waals surface area contributed by atoms with Crippen LogP contribution in [-0.4, -0.2) is 36.8 Å². The molecule has 0 atom stereocenters. The number of fused-ring (bicyclic) bond motifs is 1. The minimum absolute atomic E-state index is 0.0979. The third kappa shape index (κ3) is 4.66. The van der Waals surface area contributed by atoms with Crippen LogP contribution in [0.1, 0.15) is 22.5 Å². The van der Waals surface area contributed by atoms with Crippen LogP contribution >= 0.6 is 11.8 Å². The fraction of sp³-hybridized carbons (Fsp3) is 0.227. The van der Waals surface area contributed by atoms with Crippen LogP contribution in [0.2, 0.25) is 0 Å². The maximum atomic E-state index is 12.6. The molecule has 3 aromatic heterocycles. The molecule has 0 N–H and O–H groups in total. The van der Waals surface area contributed by atoms with Crippen LogP contribution in [0.15, 0.2) is 53.9 Å². The molecule has 31 heavy (non-hydrogen) atoms. The summed E-state index contributed by atoms with van der Waals surface area (Å²) in [6.07, 6.45) is 5.31. The molecule has 3 heterocycles.